The maximum absolute atomic E-state index is 11.8. The maximum Gasteiger partial charge on any atom is 0.0897 e. The van der Waals surface area contributed by atoms with E-state index in [2.05, 4.69) is 22.0 Å². The predicted molar refractivity (Wildman–Crippen MR) is 53.2 cm³/mol. The van der Waals surface area contributed by atoms with Crippen molar-refractivity contribution in [3.05, 3.63) is 33.8 Å². The average Bonchev–Trinajstić information content (AvgIpc) is 2.07. The van der Waals surface area contributed by atoms with Gasteiger partial charge in [0.15, 0.2) is 0 Å². The van der Waals surface area contributed by atoms with Gasteiger partial charge in [0, 0.05) is 4.47 Å². The molecule has 66 valence electrons. The highest BCUT2D eigenvalue weighted by Gasteiger charge is 1.96. The first-order valence-corrected chi connectivity index (χ1v) is 4.84. The second-order valence-electron chi connectivity index (χ2n) is 2.88. The summed E-state index contributed by atoms with van der Waals surface area (Å²) in [4.78, 5) is 0. The van der Waals surface area contributed by atoms with E-state index in [-0.39, 0.29) is 6.67 Å². The number of benzene rings is 1. The fourth-order valence-corrected chi connectivity index (χ4v) is 1.38. The van der Waals surface area contributed by atoms with Crippen LogP contribution in [0.25, 0.3) is 0 Å². The normalized spacial score (nSPS) is 10.2. The summed E-state index contributed by atoms with van der Waals surface area (Å²) in [6, 6.07) is 6.15. The summed E-state index contributed by atoms with van der Waals surface area (Å²) in [7, 11) is 0. The molecule has 0 spiro atoms. The van der Waals surface area contributed by atoms with Gasteiger partial charge < -0.3 is 0 Å². The Kier molecular flexibility index (Phi) is 3.73. The van der Waals surface area contributed by atoms with Gasteiger partial charge in [-0.1, -0.05) is 28.1 Å². The Hall–Kier alpha value is -0.370. The summed E-state index contributed by atoms with van der Waals surface area (Å²) in [5.41, 5.74) is 2.43. The van der Waals surface area contributed by atoms with Gasteiger partial charge in [-0.2, -0.15) is 0 Å². The van der Waals surface area contributed by atoms with Gasteiger partial charge >= 0.3 is 0 Å². The minimum Gasteiger partial charge on any atom is -0.251 e. The monoisotopic (exact) mass is 230 g/mol. The van der Waals surface area contributed by atoms with Crippen molar-refractivity contribution in [3.63, 3.8) is 0 Å². The molecule has 2 heteroatoms. The molecule has 0 saturated heterocycles. The largest absolute Gasteiger partial charge is 0.251 e. The van der Waals surface area contributed by atoms with Crippen LogP contribution in [-0.2, 0) is 6.42 Å². The van der Waals surface area contributed by atoms with Crippen molar-refractivity contribution in [3.8, 4) is 0 Å². The molecule has 12 heavy (non-hydrogen) atoms. The molecule has 1 rings (SSSR count). The summed E-state index contributed by atoms with van der Waals surface area (Å²) >= 11 is 3.42. The standard InChI is InChI=1S/C10H12BrF/c1-8-7-9(3-2-6-12)4-5-10(8)11/h4-5,7H,2-3,6H2,1H3. The molecule has 0 nitrogen and oxygen atoms in total. The highest BCUT2D eigenvalue weighted by atomic mass is 79.9. The molecule has 1 aromatic carbocycles. The van der Waals surface area contributed by atoms with Crippen LogP contribution in [0.1, 0.15) is 17.5 Å². The molecule has 1 aromatic rings. The molecule has 0 saturated carbocycles. The first-order valence-electron chi connectivity index (χ1n) is 4.05. The first-order chi connectivity index (χ1) is 5.74. The Labute approximate surface area is 80.9 Å². The smallest absolute Gasteiger partial charge is 0.0897 e. The third-order valence-electron chi connectivity index (χ3n) is 1.82. The van der Waals surface area contributed by atoms with Crippen molar-refractivity contribution in [2.24, 2.45) is 0 Å². The second kappa shape index (κ2) is 4.61. The lowest BCUT2D eigenvalue weighted by Crippen LogP contribution is -1.87. The molecule has 0 N–H and O–H groups in total. The van der Waals surface area contributed by atoms with Crippen molar-refractivity contribution in [2.75, 3.05) is 6.67 Å². The molecule has 0 amide bonds. The Morgan fingerprint density at radius 2 is 2.17 bits per heavy atom. The summed E-state index contributed by atoms with van der Waals surface area (Å²) in [5.74, 6) is 0. The maximum atomic E-state index is 11.8. The molecule has 0 aromatic heterocycles. The zero-order valence-electron chi connectivity index (χ0n) is 7.11. The van der Waals surface area contributed by atoms with Gasteiger partial charge in [0.1, 0.15) is 0 Å². The Bertz CT molecular complexity index is 258. The quantitative estimate of drug-likeness (QED) is 0.744. The molecule has 0 aliphatic rings. The van der Waals surface area contributed by atoms with Gasteiger partial charge in [-0.05, 0) is 37.0 Å². The van der Waals surface area contributed by atoms with Crippen molar-refractivity contribution < 1.29 is 4.39 Å². The minimum atomic E-state index is -0.227. The zero-order chi connectivity index (χ0) is 8.97. The molecule has 0 aliphatic heterocycles. The highest BCUT2D eigenvalue weighted by molar-refractivity contribution is 9.10. The number of alkyl halides is 1. The van der Waals surface area contributed by atoms with E-state index in [0.29, 0.717) is 6.42 Å². The van der Waals surface area contributed by atoms with Crippen LogP contribution in [0.2, 0.25) is 0 Å². The number of hydrogen-bond donors (Lipinski definition) is 0. The summed E-state index contributed by atoms with van der Waals surface area (Å²) < 4.78 is 13.0. The third kappa shape index (κ3) is 2.59. The lowest BCUT2D eigenvalue weighted by molar-refractivity contribution is 0.473. The molecule has 0 fully saturated rings. The van der Waals surface area contributed by atoms with Crippen LogP contribution in [0.3, 0.4) is 0 Å². The minimum absolute atomic E-state index is 0.227. The van der Waals surface area contributed by atoms with Gasteiger partial charge in [-0.3, -0.25) is 4.39 Å². The van der Waals surface area contributed by atoms with E-state index in [1.54, 1.807) is 0 Å². The van der Waals surface area contributed by atoms with E-state index in [0.717, 1.165) is 10.9 Å². The van der Waals surface area contributed by atoms with E-state index in [1.807, 2.05) is 19.1 Å². The summed E-state index contributed by atoms with van der Waals surface area (Å²) in [5, 5.41) is 0. The van der Waals surface area contributed by atoms with E-state index in [1.165, 1.54) is 11.1 Å². The molecule has 0 aliphatic carbocycles. The summed E-state index contributed by atoms with van der Waals surface area (Å²) in [6.07, 6.45) is 1.46. The molecule has 0 radical (unpaired) electrons. The van der Waals surface area contributed by atoms with Crippen LogP contribution in [0.5, 0.6) is 0 Å². The second-order valence-corrected chi connectivity index (χ2v) is 3.73. The molecule has 0 heterocycles. The van der Waals surface area contributed by atoms with Crippen LogP contribution in [0.15, 0.2) is 22.7 Å². The van der Waals surface area contributed by atoms with Crippen LogP contribution < -0.4 is 0 Å². The molecule has 0 unspecified atom stereocenters. The van der Waals surface area contributed by atoms with Gasteiger partial charge in [-0.25, -0.2) is 0 Å². The van der Waals surface area contributed by atoms with Crippen LogP contribution in [0, 0.1) is 6.92 Å². The number of halogens is 2. The van der Waals surface area contributed by atoms with E-state index in [9.17, 15) is 4.39 Å². The van der Waals surface area contributed by atoms with E-state index >= 15 is 0 Å². The lowest BCUT2D eigenvalue weighted by atomic mass is 10.1. The van der Waals surface area contributed by atoms with Crippen molar-refractivity contribution in [1.29, 1.82) is 0 Å². The SMILES string of the molecule is Cc1cc(CCCF)ccc1Br. The number of aryl methyl sites for hydroxylation is 2. The third-order valence-corrected chi connectivity index (χ3v) is 2.71. The Morgan fingerprint density at radius 3 is 2.75 bits per heavy atom. The van der Waals surface area contributed by atoms with E-state index in [4.69, 9.17) is 0 Å². The van der Waals surface area contributed by atoms with Crippen LogP contribution >= 0.6 is 15.9 Å². The molecule has 0 atom stereocenters. The number of rotatable bonds is 3. The van der Waals surface area contributed by atoms with Gasteiger partial charge in [-0.15, -0.1) is 0 Å². The van der Waals surface area contributed by atoms with Crippen molar-refractivity contribution in [2.45, 2.75) is 19.8 Å². The van der Waals surface area contributed by atoms with Crippen LogP contribution in [0.4, 0.5) is 4.39 Å². The first kappa shape index (κ1) is 9.72. The molecular formula is C10H12BrF. The Balaban J connectivity index is 2.69. The average molecular weight is 231 g/mol. The lowest BCUT2D eigenvalue weighted by Gasteiger charge is -2.02. The van der Waals surface area contributed by atoms with Crippen LogP contribution in [-0.4, -0.2) is 6.67 Å². The van der Waals surface area contributed by atoms with Gasteiger partial charge in [0.05, 0.1) is 6.67 Å². The zero-order valence-corrected chi connectivity index (χ0v) is 8.70. The van der Waals surface area contributed by atoms with Crippen molar-refractivity contribution >= 4 is 15.9 Å². The fraction of sp³-hybridized carbons (Fsp3) is 0.400. The Morgan fingerprint density at radius 1 is 1.42 bits per heavy atom. The number of hydrogen-bond acceptors (Lipinski definition) is 0. The topological polar surface area (TPSA) is 0 Å². The molecule has 0 bridgehead atoms. The van der Waals surface area contributed by atoms with Crippen molar-refractivity contribution in [1.82, 2.24) is 0 Å². The fourth-order valence-electron chi connectivity index (χ4n) is 1.13. The van der Waals surface area contributed by atoms with Gasteiger partial charge in [0.25, 0.3) is 0 Å². The summed E-state index contributed by atoms with van der Waals surface area (Å²) in [6.45, 7) is 1.82. The highest BCUT2D eigenvalue weighted by Crippen LogP contribution is 2.17. The van der Waals surface area contributed by atoms with E-state index < -0.39 is 0 Å². The van der Waals surface area contributed by atoms with Gasteiger partial charge in [0.2, 0.25) is 0 Å². The molecular weight excluding hydrogens is 219 g/mol. The predicted octanol–water partition coefficient (Wildman–Crippen LogP) is 3.66.